The lowest BCUT2D eigenvalue weighted by molar-refractivity contribution is 0.122. The van der Waals surface area contributed by atoms with Crippen LogP contribution in [-0.4, -0.2) is 13.1 Å². The zero-order chi connectivity index (χ0) is 12.5. The van der Waals surface area contributed by atoms with Crippen molar-refractivity contribution >= 4 is 0 Å². The number of nitrogens with one attached hydrogen (secondary N) is 1. The molecule has 94 valence electrons. The lowest BCUT2D eigenvalue weighted by atomic mass is 9.83. The summed E-state index contributed by atoms with van der Waals surface area (Å²) in [4.78, 5) is 0. The summed E-state index contributed by atoms with van der Waals surface area (Å²) in [5.41, 5.74) is 1.04. The van der Waals surface area contributed by atoms with E-state index in [1.165, 1.54) is 5.56 Å². The van der Waals surface area contributed by atoms with Gasteiger partial charge >= 0.3 is 0 Å². The van der Waals surface area contributed by atoms with Crippen molar-refractivity contribution in [2.24, 2.45) is 0 Å². The molecular weight excluding hydrogens is 213 g/mol. The molecule has 0 radical (unpaired) electrons. The molecule has 1 heterocycles. The fourth-order valence-electron chi connectivity index (χ4n) is 2.38. The highest BCUT2D eigenvalue weighted by Gasteiger charge is 2.33. The Hall–Kier alpha value is -0.890. The van der Waals surface area contributed by atoms with Crippen LogP contribution in [0.15, 0.2) is 24.3 Å². The van der Waals surface area contributed by atoms with Crippen molar-refractivity contribution in [3.63, 3.8) is 0 Å². The van der Waals surface area contributed by atoms with Crippen molar-refractivity contribution in [3.8, 4) is 0 Å². The van der Waals surface area contributed by atoms with E-state index in [1.807, 2.05) is 12.1 Å². The third-order valence-electron chi connectivity index (χ3n) is 3.60. The molecule has 2 rings (SSSR count). The molecule has 1 nitrogen and oxygen atoms in total. The van der Waals surface area contributed by atoms with Crippen LogP contribution in [0, 0.1) is 0 Å². The van der Waals surface area contributed by atoms with Gasteiger partial charge in [0, 0.05) is 6.54 Å². The minimum absolute atomic E-state index is 0.132. The van der Waals surface area contributed by atoms with Gasteiger partial charge in [0.05, 0.1) is 0 Å². The monoisotopic (exact) mass is 235 g/mol. The van der Waals surface area contributed by atoms with Gasteiger partial charge in [-0.1, -0.05) is 45.0 Å². The van der Waals surface area contributed by atoms with E-state index < -0.39 is 5.67 Å². The van der Waals surface area contributed by atoms with Crippen molar-refractivity contribution < 1.29 is 4.39 Å². The number of piperidine rings is 1. The van der Waals surface area contributed by atoms with Crippen LogP contribution in [0.25, 0.3) is 0 Å². The van der Waals surface area contributed by atoms with E-state index in [4.69, 9.17) is 0 Å². The van der Waals surface area contributed by atoms with Gasteiger partial charge in [-0.05, 0) is 35.9 Å². The third-order valence-corrected chi connectivity index (χ3v) is 3.60. The summed E-state index contributed by atoms with van der Waals surface area (Å²) in [5, 5.41) is 3.14. The van der Waals surface area contributed by atoms with Gasteiger partial charge in [0.1, 0.15) is 5.67 Å². The van der Waals surface area contributed by atoms with E-state index in [9.17, 15) is 4.39 Å². The maximum atomic E-state index is 14.7. The van der Waals surface area contributed by atoms with Crippen LogP contribution >= 0.6 is 0 Å². The van der Waals surface area contributed by atoms with Crippen LogP contribution < -0.4 is 5.32 Å². The molecule has 0 aliphatic carbocycles. The van der Waals surface area contributed by atoms with Gasteiger partial charge in [-0.15, -0.1) is 0 Å². The molecule has 1 fully saturated rings. The standard InChI is InChI=1S/C15H22FN/c1-14(2,3)12-5-7-13(8-6-12)15(16)9-4-10-17-11-15/h5-8,17H,4,9-11H2,1-3H3. The van der Waals surface area contributed by atoms with Crippen LogP contribution in [0.2, 0.25) is 0 Å². The normalized spacial score (nSPS) is 25.9. The first-order valence-electron chi connectivity index (χ1n) is 6.42. The van der Waals surface area contributed by atoms with Gasteiger partial charge in [0.15, 0.2) is 0 Å². The third kappa shape index (κ3) is 2.68. The Kier molecular flexibility index (Phi) is 3.26. The first kappa shape index (κ1) is 12.6. The van der Waals surface area contributed by atoms with Gasteiger partial charge in [0.25, 0.3) is 0 Å². The van der Waals surface area contributed by atoms with Crippen molar-refractivity contribution in [1.29, 1.82) is 0 Å². The number of hydrogen-bond acceptors (Lipinski definition) is 1. The van der Waals surface area contributed by atoms with Crippen molar-refractivity contribution in [2.75, 3.05) is 13.1 Å². The highest BCUT2D eigenvalue weighted by Crippen LogP contribution is 2.34. The van der Waals surface area contributed by atoms with Gasteiger partial charge < -0.3 is 5.32 Å². The van der Waals surface area contributed by atoms with Crippen LogP contribution in [0.4, 0.5) is 4.39 Å². The van der Waals surface area contributed by atoms with Gasteiger partial charge in [-0.2, -0.15) is 0 Å². The fourth-order valence-corrected chi connectivity index (χ4v) is 2.38. The Morgan fingerprint density at radius 3 is 2.29 bits per heavy atom. The summed E-state index contributed by atoms with van der Waals surface area (Å²) >= 11 is 0. The summed E-state index contributed by atoms with van der Waals surface area (Å²) in [7, 11) is 0. The van der Waals surface area contributed by atoms with Gasteiger partial charge in [-0.25, -0.2) is 4.39 Å². The van der Waals surface area contributed by atoms with Crippen molar-refractivity contribution in [1.82, 2.24) is 5.32 Å². The molecule has 1 saturated heterocycles. The second kappa shape index (κ2) is 4.41. The van der Waals surface area contributed by atoms with Crippen LogP contribution in [-0.2, 0) is 11.1 Å². The number of rotatable bonds is 1. The molecule has 0 bridgehead atoms. The summed E-state index contributed by atoms with van der Waals surface area (Å²) in [6.45, 7) is 7.91. The Morgan fingerprint density at radius 2 is 1.82 bits per heavy atom. The van der Waals surface area contributed by atoms with Gasteiger partial charge in [-0.3, -0.25) is 0 Å². The van der Waals surface area contributed by atoms with E-state index in [2.05, 4.69) is 38.2 Å². The first-order chi connectivity index (χ1) is 7.92. The summed E-state index contributed by atoms with van der Waals surface area (Å²) in [6.07, 6.45) is 1.55. The summed E-state index contributed by atoms with van der Waals surface area (Å²) in [6, 6.07) is 8.03. The molecule has 1 aromatic carbocycles. The predicted octanol–water partition coefficient (Wildman–Crippen LogP) is 3.53. The number of benzene rings is 1. The molecule has 1 aliphatic rings. The minimum Gasteiger partial charge on any atom is -0.313 e. The Morgan fingerprint density at radius 1 is 1.18 bits per heavy atom. The highest BCUT2D eigenvalue weighted by molar-refractivity contribution is 5.31. The average molecular weight is 235 g/mol. The minimum atomic E-state index is -1.17. The predicted molar refractivity (Wildman–Crippen MR) is 70.0 cm³/mol. The molecule has 1 atom stereocenters. The SMILES string of the molecule is CC(C)(C)c1ccc(C2(F)CCCNC2)cc1. The fraction of sp³-hybridized carbons (Fsp3) is 0.600. The van der Waals surface area contributed by atoms with Crippen LogP contribution in [0.3, 0.4) is 0 Å². The van der Waals surface area contributed by atoms with Crippen LogP contribution in [0.5, 0.6) is 0 Å². The molecule has 1 N–H and O–H groups in total. The molecule has 17 heavy (non-hydrogen) atoms. The molecule has 0 spiro atoms. The lowest BCUT2D eigenvalue weighted by Crippen LogP contribution is -2.40. The highest BCUT2D eigenvalue weighted by atomic mass is 19.1. The second-order valence-electron chi connectivity index (χ2n) is 6.07. The smallest absolute Gasteiger partial charge is 0.148 e. The largest absolute Gasteiger partial charge is 0.313 e. The Bertz CT molecular complexity index is 369. The maximum absolute atomic E-state index is 14.7. The number of hydrogen-bond donors (Lipinski definition) is 1. The quantitative estimate of drug-likeness (QED) is 0.785. The molecule has 1 unspecified atom stereocenters. The maximum Gasteiger partial charge on any atom is 0.148 e. The molecule has 2 heteroatoms. The Labute approximate surface area is 103 Å². The Balaban J connectivity index is 2.23. The van der Waals surface area contributed by atoms with E-state index in [0.29, 0.717) is 13.0 Å². The molecule has 1 aliphatic heterocycles. The van der Waals surface area contributed by atoms with Crippen LogP contribution in [0.1, 0.15) is 44.7 Å². The van der Waals surface area contributed by atoms with E-state index in [1.54, 1.807) is 0 Å². The summed E-state index contributed by atoms with van der Waals surface area (Å²) < 4.78 is 14.7. The average Bonchev–Trinajstić information content (AvgIpc) is 2.29. The topological polar surface area (TPSA) is 12.0 Å². The van der Waals surface area contributed by atoms with E-state index >= 15 is 0 Å². The molecule has 0 aromatic heterocycles. The van der Waals surface area contributed by atoms with Crippen molar-refractivity contribution in [3.05, 3.63) is 35.4 Å². The second-order valence-corrected chi connectivity index (χ2v) is 6.07. The molecule has 1 aromatic rings. The first-order valence-corrected chi connectivity index (χ1v) is 6.42. The van der Waals surface area contributed by atoms with E-state index in [0.717, 1.165) is 18.5 Å². The molecular formula is C15H22FN. The summed E-state index contributed by atoms with van der Waals surface area (Å²) in [5.74, 6) is 0. The van der Waals surface area contributed by atoms with Gasteiger partial charge in [0.2, 0.25) is 0 Å². The molecule has 0 saturated carbocycles. The molecule has 0 amide bonds. The zero-order valence-electron chi connectivity index (χ0n) is 11.0. The zero-order valence-corrected chi connectivity index (χ0v) is 11.0. The lowest BCUT2D eigenvalue weighted by Gasteiger charge is -2.31. The number of halogens is 1. The number of alkyl halides is 1. The van der Waals surface area contributed by atoms with Crippen molar-refractivity contribution in [2.45, 2.75) is 44.7 Å². The van der Waals surface area contributed by atoms with E-state index in [-0.39, 0.29) is 5.41 Å².